The maximum absolute atomic E-state index is 12.0. The summed E-state index contributed by atoms with van der Waals surface area (Å²) in [6.07, 6.45) is 5.18. The van der Waals surface area contributed by atoms with E-state index in [-0.39, 0.29) is 11.2 Å². The Kier molecular flexibility index (Phi) is 3.98. The van der Waals surface area contributed by atoms with Gasteiger partial charge in [0, 0.05) is 13.5 Å². The van der Waals surface area contributed by atoms with Gasteiger partial charge in [-0.3, -0.25) is 4.79 Å². The largest absolute Gasteiger partial charge is 0.294 e. The van der Waals surface area contributed by atoms with E-state index < -0.39 is 8.07 Å². The number of carbonyl (C=O) groups is 1. The molecule has 0 fully saturated rings. The van der Waals surface area contributed by atoms with Crippen molar-refractivity contribution in [2.24, 2.45) is 5.41 Å². The van der Waals surface area contributed by atoms with Crippen LogP contribution in [-0.2, 0) is 4.79 Å². The Bertz CT molecular complexity index is 384. The molecule has 0 saturated carbocycles. The lowest BCUT2D eigenvalue weighted by molar-refractivity contribution is -0.121. The third-order valence-electron chi connectivity index (χ3n) is 3.19. The summed E-state index contributed by atoms with van der Waals surface area (Å²) in [6, 6.07) is 1.11. The highest BCUT2D eigenvalue weighted by Gasteiger charge is 2.37. The fourth-order valence-corrected chi connectivity index (χ4v) is 4.20. The summed E-state index contributed by atoms with van der Waals surface area (Å²) in [5.41, 5.74) is 2.04. The first kappa shape index (κ1) is 14.2. The number of hydrogen-bond acceptors (Lipinski definition) is 1. The normalized spacial score (nSPS) is 24.7. The lowest BCUT2D eigenvalue weighted by Crippen LogP contribution is -2.26. The molecule has 0 spiro atoms. The minimum atomic E-state index is -1.12. The zero-order chi connectivity index (χ0) is 13.3. The second-order valence-corrected chi connectivity index (χ2v) is 12.2. The molecule has 1 nitrogen and oxygen atoms in total. The van der Waals surface area contributed by atoms with Crippen molar-refractivity contribution in [3.05, 3.63) is 36.5 Å². The van der Waals surface area contributed by atoms with Crippen LogP contribution in [-0.4, -0.2) is 13.9 Å². The van der Waals surface area contributed by atoms with E-state index in [0.29, 0.717) is 0 Å². The Morgan fingerprint density at radius 2 is 2.12 bits per heavy atom. The average molecular weight is 248 g/mol. The van der Waals surface area contributed by atoms with E-state index in [0.717, 1.165) is 24.5 Å². The van der Waals surface area contributed by atoms with Gasteiger partial charge in [-0.15, -0.1) is 6.58 Å². The molecule has 94 valence electrons. The van der Waals surface area contributed by atoms with E-state index in [1.54, 1.807) is 12.2 Å². The van der Waals surface area contributed by atoms with Crippen molar-refractivity contribution in [3.63, 3.8) is 0 Å². The predicted molar refractivity (Wildman–Crippen MR) is 77.9 cm³/mol. The fraction of sp³-hybridized carbons (Fsp3) is 0.533. The molecule has 1 atom stereocenters. The van der Waals surface area contributed by atoms with Crippen LogP contribution in [0.15, 0.2) is 36.5 Å². The summed E-state index contributed by atoms with van der Waals surface area (Å²) in [4.78, 5) is 12.0. The molecule has 0 amide bonds. The molecule has 0 aromatic heterocycles. The van der Waals surface area contributed by atoms with Crippen LogP contribution in [0.2, 0.25) is 25.7 Å². The molecule has 1 aliphatic carbocycles. The molecule has 2 heteroatoms. The number of allylic oxidation sites excluding steroid dienone is 4. The zero-order valence-electron chi connectivity index (χ0n) is 11.6. The number of rotatable bonds is 5. The van der Waals surface area contributed by atoms with Gasteiger partial charge in [-0.25, -0.2) is 0 Å². The third-order valence-corrected chi connectivity index (χ3v) is 4.75. The van der Waals surface area contributed by atoms with Gasteiger partial charge < -0.3 is 0 Å². The minimum Gasteiger partial charge on any atom is -0.294 e. The zero-order valence-corrected chi connectivity index (χ0v) is 12.6. The fourth-order valence-electron chi connectivity index (χ4n) is 2.58. The van der Waals surface area contributed by atoms with E-state index in [1.165, 1.54) is 5.57 Å². The van der Waals surface area contributed by atoms with Gasteiger partial charge in [0.15, 0.2) is 5.78 Å². The van der Waals surface area contributed by atoms with Gasteiger partial charge in [-0.1, -0.05) is 44.8 Å². The maximum Gasteiger partial charge on any atom is 0.162 e. The molecule has 17 heavy (non-hydrogen) atoms. The molecular formula is C15H24OSi. The van der Waals surface area contributed by atoms with Crippen LogP contribution in [0.5, 0.6) is 0 Å². The van der Waals surface area contributed by atoms with Crippen molar-refractivity contribution in [1.29, 1.82) is 0 Å². The summed E-state index contributed by atoms with van der Waals surface area (Å²) in [5.74, 6) is 0.240. The standard InChI is InChI=1S/C15H24OSi/c1-7-13-8-14(16)15(3,10-13)9-12(2)11-17(4,5)6/h7-8H,1-2,9-11H2,3-6H3/t15-/m1/s1. The highest BCUT2D eigenvalue weighted by Crippen LogP contribution is 2.40. The van der Waals surface area contributed by atoms with Gasteiger partial charge in [0.05, 0.1) is 0 Å². The van der Waals surface area contributed by atoms with Crippen LogP contribution in [0.3, 0.4) is 0 Å². The van der Waals surface area contributed by atoms with Gasteiger partial charge in [0.25, 0.3) is 0 Å². The predicted octanol–water partition coefficient (Wildman–Crippen LogP) is 4.36. The van der Waals surface area contributed by atoms with Crippen molar-refractivity contribution < 1.29 is 4.79 Å². The molecule has 1 rings (SSSR count). The molecule has 0 unspecified atom stereocenters. The van der Waals surface area contributed by atoms with E-state index in [9.17, 15) is 4.79 Å². The van der Waals surface area contributed by atoms with Crippen molar-refractivity contribution in [1.82, 2.24) is 0 Å². The molecule has 0 radical (unpaired) electrons. The molecule has 0 aromatic carbocycles. The molecular weight excluding hydrogens is 224 g/mol. The van der Waals surface area contributed by atoms with Crippen LogP contribution in [0.4, 0.5) is 0 Å². The Morgan fingerprint density at radius 1 is 1.53 bits per heavy atom. The van der Waals surface area contributed by atoms with Crippen LogP contribution in [0.1, 0.15) is 19.8 Å². The van der Waals surface area contributed by atoms with E-state index in [2.05, 4.69) is 39.7 Å². The van der Waals surface area contributed by atoms with Crippen LogP contribution < -0.4 is 0 Å². The monoisotopic (exact) mass is 248 g/mol. The van der Waals surface area contributed by atoms with Gasteiger partial charge in [0.2, 0.25) is 0 Å². The molecule has 0 heterocycles. The highest BCUT2D eigenvalue weighted by molar-refractivity contribution is 6.76. The Labute approximate surface area is 106 Å². The molecule has 0 N–H and O–H groups in total. The van der Waals surface area contributed by atoms with Crippen LogP contribution >= 0.6 is 0 Å². The molecule has 0 aromatic rings. The smallest absolute Gasteiger partial charge is 0.162 e. The summed E-state index contributed by atoms with van der Waals surface area (Å²) in [5, 5.41) is 0. The van der Waals surface area contributed by atoms with Crippen molar-refractivity contribution in [2.75, 3.05) is 0 Å². The lowest BCUT2D eigenvalue weighted by atomic mass is 9.80. The first-order valence-corrected chi connectivity index (χ1v) is 9.91. The third kappa shape index (κ3) is 3.81. The number of hydrogen-bond donors (Lipinski definition) is 0. The Hall–Kier alpha value is -0.893. The summed E-state index contributed by atoms with van der Waals surface area (Å²) in [7, 11) is -1.12. The van der Waals surface area contributed by atoms with Gasteiger partial charge >= 0.3 is 0 Å². The number of carbonyl (C=O) groups excluding carboxylic acids is 1. The van der Waals surface area contributed by atoms with Crippen molar-refractivity contribution >= 4 is 13.9 Å². The quantitative estimate of drug-likeness (QED) is 0.522. The minimum absolute atomic E-state index is 0.240. The average Bonchev–Trinajstić information content (AvgIpc) is 2.38. The Balaban J connectivity index is 2.67. The van der Waals surface area contributed by atoms with E-state index >= 15 is 0 Å². The first-order valence-electron chi connectivity index (χ1n) is 6.20. The van der Waals surface area contributed by atoms with E-state index in [4.69, 9.17) is 0 Å². The van der Waals surface area contributed by atoms with E-state index in [1.807, 2.05) is 0 Å². The summed E-state index contributed by atoms with van der Waals surface area (Å²) in [6.45, 7) is 17.0. The Morgan fingerprint density at radius 3 is 2.53 bits per heavy atom. The topological polar surface area (TPSA) is 17.1 Å². The lowest BCUT2D eigenvalue weighted by Gasteiger charge is -2.26. The van der Waals surface area contributed by atoms with Gasteiger partial charge in [-0.05, 0) is 30.5 Å². The first-order chi connectivity index (χ1) is 7.66. The molecule has 0 bridgehead atoms. The van der Waals surface area contributed by atoms with Crippen molar-refractivity contribution in [2.45, 2.75) is 45.5 Å². The summed E-state index contributed by atoms with van der Waals surface area (Å²) < 4.78 is 0. The molecule has 1 aliphatic rings. The SMILES string of the molecule is C=CC1=CC(=O)[C@](C)(CC(=C)C[Si](C)(C)C)C1. The molecule has 0 aliphatic heterocycles. The van der Waals surface area contributed by atoms with Gasteiger partial charge in [-0.2, -0.15) is 0 Å². The number of ketones is 1. The van der Waals surface area contributed by atoms with Crippen molar-refractivity contribution in [3.8, 4) is 0 Å². The second-order valence-electron chi connectivity index (χ2n) is 6.69. The van der Waals surface area contributed by atoms with Crippen LogP contribution in [0, 0.1) is 5.41 Å². The van der Waals surface area contributed by atoms with Crippen LogP contribution in [0.25, 0.3) is 0 Å². The summed E-state index contributed by atoms with van der Waals surface area (Å²) >= 11 is 0. The van der Waals surface area contributed by atoms with Gasteiger partial charge in [0.1, 0.15) is 0 Å². The maximum atomic E-state index is 12.0. The highest BCUT2D eigenvalue weighted by atomic mass is 28.3. The molecule has 0 saturated heterocycles. The second kappa shape index (κ2) is 4.77.